The van der Waals surface area contributed by atoms with Gasteiger partial charge in [0.1, 0.15) is 5.82 Å². The van der Waals surface area contributed by atoms with E-state index >= 15 is 0 Å². The van der Waals surface area contributed by atoms with E-state index in [1.54, 1.807) is 7.11 Å². The van der Waals surface area contributed by atoms with Crippen molar-refractivity contribution in [2.75, 3.05) is 37.0 Å². The number of nitrogens with one attached hydrogen (secondary N) is 2. The van der Waals surface area contributed by atoms with Crippen molar-refractivity contribution in [2.24, 2.45) is 5.92 Å². The lowest BCUT2D eigenvalue weighted by Gasteiger charge is -2.38. The van der Waals surface area contributed by atoms with Gasteiger partial charge in [0.2, 0.25) is 11.8 Å². The maximum Gasteiger partial charge on any atom is 0.234 e. The van der Waals surface area contributed by atoms with E-state index in [4.69, 9.17) is 33.5 Å². The average molecular weight is 488 g/mol. The number of hydrogen-bond acceptors (Lipinski definition) is 5. The predicted molar refractivity (Wildman–Crippen MR) is 140 cm³/mol. The molecule has 0 bridgehead atoms. The first-order valence-corrected chi connectivity index (χ1v) is 12.7. The lowest BCUT2D eigenvalue weighted by Crippen LogP contribution is -2.43. The van der Waals surface area contributed by atoms with Crippen molar-refractivity contribution in [2.45, 2.75) is 57.3 Å². The summed E-state index contributed by atoms with van der Waals surface area (Å²) < 4.78 is 5.44. The molecule has 6 nitrogen and oxygen atoms in total. The number of hydrogen-bond donors (Lipinski definition) is 2. The van der Waals surface area contributed by atoms with E-state index in [1.807, 2.05) is 18.2 Å². The highest BCUT2D eigenvalue weighted by atomic mass is 35.5. The summed E-state index contributed by atoms with van der Waals surface area (Å²) in [5, 5.41) is 7.94. The molecule has 2 aromatic rings. The molecule has 0 amide bonds. The lowest BCUT2D eigenvalue weighted by atomic mass is 9.69. The van der Waals surface area contributed by atoms with Gasteiger partial charge in [-0.3, -0.25) is 0 Å². The quantitative estimate of drug-likeness (QED) is 0.517. The Morgan fingerprint density at radius 3 is 2.76 bits per heavy atom. The minimum absolute atomic E-state index is 0.0270. The van der Waals surface area contributed by atoms with Crippen LogP contribution in [-0.2, 0) is 5.41 Å². The standard InChI is InChI=1S/C25H34ClN5OS/c1-18-8-7-13-31(16-18)21-15-22(32-2)29-23(28-21)30-24(33)27-17-25(11-4-3-5-12-25)19-9-6-10-20(26)14-19/h6,9-10,14-15,18H,3-5,7-8,11-13,16-17H2,1-2H3,(H2,27,28,29,30,33)/t18-/m1/s1. The van der Waals surface area contributed by atoms with E-state index in [-0.39, 0.29) is 5.41 Å². The van der Waals surface area contributed by atoms with Gasteiger partial charge < -0.3 is 20.3 Å². The van der Waals surface area contributed by atoms with Gasteiger partial charge in [0.25, 0.3) is 0 Å². The summed E-state index contributed by atoms with van der Waals surface area (Å²) >= 11 is 12.0. The van der Waals surface area contributed by atoms with Crippen LogP contribution >= 0.6 is 23.8 Å². The molecule has 0 spiro atoms. The third-order valence-corrected chi connectivity index (χ3v) is 7.42. The van der Waals surface area contributed by atoms with Gasteiger partial charge in [0.05, 0.1) is 7.11 Å². The maximum atomic E-state index is 6.32. The van der Waals surface area contributed by atoms with Crippen LogP contribution in [0, 0.1) is 5.92 Å². The number of methoxy groups -OCH3 is 1. The second-order valence-electron chi connectivity index (χ2n) is 9.44. The summed E-state index contributed by atoms with van der Waals surface area (Å²) in [6, 6.07) is 10.2. The van der Waals surface area contributed by atoms with E-state index in [9.17, 15) is 0 Å². The van der Waals surface area contributed by atoms with Gasteiger partial charge in [-0.1, -0.05) is 49.9 Å². The fraction of sp³-hybridized carbons (Fsp3) is 0.560. The number of halogens is 1. The third-order valence-electron chi connectivity index (χ3n) is 6.94. The van der Waals surface area contributed by atoms with Crippen molar-refractivity contribution >= 4 is 40.7 Å². The van der Waals surface area contributed by atoms with Crippen LogP contribution in [0.5, 0.6) is 5.88 Å². The van der Waals surface area contributed by atoms with Gasteiger partial charge in [-0.05, 0) is 61.5 Å². The Morgan fingerprint density at radius 2 is 2.03 bits per heavy atom. The molecule has 1 aliphatic heterocycles. The molecule has 0 unspecified atom stereocenters. The van der Waals surface area contributed by atoms with Gasteiger partial charge >= 0.3 is 0 Å². The van der Waals surface area contributed by atoms with Gasteiger partial charge in [0, 0.05) is 36.1 Å². The largest absolute Gasteiger partial charge is 0.481 e. The molecule has 33 heavy (non-hydrogen) atoms. The first kappa shape index (κ1) is 24.0. The number of thiocarbonyl (C=S) groups is 1. The van der Waals surface area contributed by atoms with Crippen molar-refractivity contribution < 1.29 is 4.74 Å². The second kappa shape index (κ2) is 10.9. The number of ether oxygens (including phenoxy) is 1. The van der Waals surface area contributed by atoms with Gasteiger partial charge in [0.15, 0.2) is 5.11 Å². The van der Waals surface area contributed by atoms with Gasteiger partial charge in [-0.2, -0.15) is 9.97 Å². The number of nitrogens with zero attached hydrogens (tertiary/aromatic N) is 3. The average Bonchev–Trinajstić information content (AvgIpc) is 2.83. The number of anilines is 2. The normalized spacial score (nSPS) is 20.2. The van der Waals surface area contributed by atoms with E-state index in [1.165, 1.54) is 37.7 Å². The molecule has 2 fully saturated rings. The summed E-state index contributed by atoms with van der Waals surface area (Å²) in [4.78, 5) is 11.5. The highest BCUT2D eigenvalue weighted by Gasteiger charge is 2.34. The number of piperidine rings is 1. The zero-order valence-electron chi connectivity index (χ0n) is 19.6. The minimum Gasteiger partial charge on any atom is -0.481 e. The number of aromatic nitrogens is 2. The fourth-order valence-corrected chi connectivity index (χ4v) is 5.50. The Morgan fingerprint density at radius 1 is 1.21 bits per heavy atom. The van der Waals surface area contributed by atoms with E-state index < -0.39 is 0 Å². The molecule has 0 radical (unpaired) electrons. The van der Waals surface area contributed by atoms with Crippen LogP contribution in [0.25, 0.3) is 0 Å². The van der Waals surface area contributed by atoms with Crippen LogP contribution in [0.15, 0.2) is 30.3 Å². The van der Waals surface area contributed by atoms with E-state index in [0.717, 1.165) is 43.3 Å². The Labute approximate surface area is 207 Å². The summed E-state index contributed by atoms with van der Waals surface area (Å²) in [7, 11) is 1.63. The highest BCUT2D eigenvalue weighted by Crippen LogP contribution is 2.39. The van der Waals surface area contributed by atoms with Crippen molar-refractivity contribution in [1.29, 1.82) is 0 Å². The molecule has 2 aliphatic rings. The van der Waals surface area contributed by atoms with Gasteiger partial charge in [-0.25, -0.2) is 0 Å². The van der Waals surface area contributed by atoms with E-state index in [0.29, 0.717) is 22.9 Å². The SMILES string of the molecule is COc1cc(N2CCC[C@@H](C)C2)nc(NC(=S)NCC2(c3cccc(Cl)c3)CCCCC2)n1. The smallest absolute Gasteiger partial charge is 0.234 e. The van der Waals surface area contributed by atoms with Crippen LogP contribution < -0.4 is 20.3 Å². The molecular weight excluding hydrogens is 454 g/mol. The summed E-state index contributed by atoms with van der Waals surface area (Å²) in [5.41, 5.74) is 1.31. The van der Waals surface area contributed by atoms with Crippen molar-refractivity contribution in [3.8, 4) is 5.88 Å². The molecule has 2 N–H and O–H groups in total. The van der Waals surface area contributed by atoms with Gasteiger partial charge in [-0.15, -0.1) is 0 Å². The molecule has 8 heteroatoms. The monoisotopic (exact) mass is 487 g/mol. The Hall–Kier alpha value is -2.12. The Kier molecular flexibility index (Phi) is 7.91. The fourth-order valence-electron chi connectivity index (χ4n) is 5.14. The van der Waals surface area contributed by atoms with E-state index in [2.05, 4.69) is 39.6 Å². The summed E-state index contributed by atoms with van der Waals surface area (Å²) in [5.74, 6) is 2.52. The predicted octanol–water partition coefficient (Wildman–Crippen LogP) is 5.56. The molecule has 1 saturated carbocycles. The topological polar surface area (TPSA) is 62.3 Å². The molecule has 1 aromatic carbocycles. The lowest BCUT2D eigenvalue weighted by molar-refractivity contribution is 0.292. The molecule has 4 rings (SSSR count). The summed E-state index contributed by atoms with van der Waals surface area (Å²) in [6.45, 7) is 5.02. The highest BCUT2D eigenvalue weighted by molar-refractivity contribution is 7.80. The Balaban J connectivity index is 1.46. The molecule has 1 aromatic heterocycles. The maximum absolute atomic E-state index is 6.32. The Bertz CT molecular complexity index is 966. The molecular formula is C25H34ClN5OS. The minimum atomic E-state index is 0.0270. The molecule has 1 atom stereocenters. The number of rotatable bonds is 6. The molecule has 178 valence electrons. The molecule has 1 aliphatic carbocycles. The van der Waals surface area contributed by atoms with Crippen LogP contribution in [0.4, 0.5) is 11.8 Å². The number of benzene rings is 1. The second-order valence-corrected chi connectivity index (χ2v) is 10.3. The third kappa shape index (κ3) is 6.07. The zero-order chi connectivity index (χ0) is 23.3. The van der Waals surface area contributed by atoms with Crippen LogP contribution in [0.2, 0.25) is 5.02 Å². The van der Waals surface area contributed by atoms with Crippen LogP contribution in [-0.4, -0.2) is 41.8 Å². The van der Waals surface area contributed by atoms with Crippen LogP contribution in [0.1, 0.15) is 57.4 Å². The first-order valence-electron chi connectivity index (χ1n) is 12.0. The van der Waals surface area contributed by atoms with Crippen molar-refractivity contribution in [1.82, 2.24) is 15.3 Å². The zero-order valence-corrected chi connectivity index (χ0v) is 21.1. The summed E-state index contributed by atoms with van der Waals surface area (Å²) in [6.07, 6.45) is 8.37. The first-order chi connectivity index (χ1) is 16.0. The molecule has 2 heterocycles. The van der Waals surface area contributed by atoms with Crippen molar-refractivity contribution in [3.63, 3.8) is 0 Å². The van der Waals surface area contributed by atoms with Crippen molar-refractivity contribution in [3.05, 3.63) is 40.9 Å². The molecule has 1 saturated heterocycles. The van der Waals surface area contributed by atoms with Crippen LogP contribution in [0.3, 0.4) is 0 Å².